The average Bonchev–Trinajstić information content (AvgIpc) is 1.87. The number of hydrogen-bond acceptors (Lipinski definition) is 1. The molecule has 0 aromatic rings. The minimum absolute atomic E-state index is 0.145. The summed E-state index contributed by atoms with van der Waals surface area (Å²) in [7, 11) is 0. The van der Waals surface area contributed by atoms with Crippen molar-refractivity contribution >= 4 is 6.21 Å². The number of nitrogens with one attached hydrogen (secondary N) is 1. The van der Waals surface area contributed by atoms with Crippen LogP contribution in [0.3, 0.4) is 0 Å². The minimum Gasteiger partial charge on any atom is -0.308 e. The van der Waals surface area contributed by atoms with E-state index in [4.69, 9.17) is 11.8 Å². The monoisotopic (exact) mass is 121 g/mol. The lowest BCUT2D eigenvalue weighted by Gasteiger charge is -1.93. The summed E-state index contributed by atoms with van der Waals surface area (Å²) >= 11 is 0. The molecule has 0 radical (unpaired) electrons. The number of rotatable bonds is 2. The Morgan fingerprint density at radius 2 is 2.33 bits per heavy atom. The molecule has 0 spiro atoms. The maximum absolute atomic E-state index is 6.82. The molecule has 48 valence electrons. The molecule has 0 bridgehead atoms. The molecule has 0 fully saturated rings. The van der Waals surface area contributed by atoms with Crippen LogP contribution in [0.4, 0.5) is 0 Å². The van der Waals surface area contributed by atoms with E-state index in [1.54, 1.807) is 0 Å². The molecule has 0 saturated carbocycles. The topological polar surface area (TPSA) is 23.9 Å². The van der Waals surface area contributed by atoms with Gasteiger partial charge in [-0.05, 0) is 19.4 Å². The molecule has 0 aliphatic carbocycles. The van der Waals surface area contributed by atoms with Crippen molar-refractivity contribution in [3.05, 3.63) is 11.6 Å². The van der Waals surface area contributed by atoms with Gasteiger partial charge in [-0.25, -0.2) is 0 Å². The van der Waals surface area contributed by atoms with Gasteiger partial charge in [0.25, 0.3) is 0 Å². The van der Waals surface area contributed by atoms with Crippen molar-refractivity contribution < 1.29 is 0 Å². The SMILES string of the molecule is C#CC(C)/C=C(/C)C=N. The van der Waals surface area contributed by atoms with Gasteiger partial charge >= 0.3 is 0 Å². The summed E-state index contributed by atoms with van der Waals surface area (Å²) in [5, 5.41) is 6.82. The Morgan fingerprint density at radius 1 is 1.78 bits per heavy atom. The Balaban J connectivity index is 3.98. The maximum Gasteiger partial charge on any atom is 0.0357 e. The molecular weight excluding hydrogens is 110 g/mol. The minimum atomic E-state index is 0.145. The maximum atomic E-state index is 6.82. The lowest BCUT2D eigenvalue weighted by Crippen LogP contribution is -1.85. The second-order valence-corrected chi connectivity index (χ2v) is 2.01. The second kappa shape index (κ2) is 3.91. The van der Waals surface area contributed by atoms with Crippen molar-refractivity contribution in [2.75, 3.05) is 0 Å². The zero-order valence-corrected chi connectivity index (χ0v) is 5.81. The Hall–Kier alpha value is -1.03. The van der Waals surface area contributed by atoms with Gasteiger partial charge in [-0.1, -0.05) is 12.0 Å². The van der Waals surface area contributed by atoms with Crippen molar-refractivity contribution in [1.82, 2.24) is 0 Å². The van der Waals surface area contributed by atoms with Crippen LogP contribution in [0.25, 0.3) is 0 Å². The van der Waals surface area contributed by atoms with Crippen molar-refractivity contribution in [3.63, 3.8) is 0 Å². The lowest BCUT2D eigenvalue weighted by molar-refractivity contribution is 0.974. The van der Waals surface area contributed by atoms with Crippen molar-refractivity contribution in [2.24, 2.45) is 5.92 Å². The molecule has 0 aromatic carbocycles. The Labute approximate surface area is 56.3 Å². The molecule has 1 heteroatoms. The molecule has 1 N–H and O–H groups in total. The summed E-state index contributed by atoms with van der Waals surface area (Å²) in [6.07, 6.45) is 8.29. The van der Waals surface area contributed by atoms with Gasteiger partial charge in [0.1, 0.15) is 0 Å². The highest BCUT2D eigenvalue weighted by Gasteiger charge is 1.88. The van der Waals surface area contributed by atoms with Gasteiger partial charge in [0, 0.05) is 12.1 Å². The molecule has 0 saturated heterocycles. The summed E-state index contributed by atoms with van der Waals surface area (Å²) in [5.74, 6) is 2.70. The quantitative estimate of drug-likeness (QED) is 0.426. The number of terminal acetylenes is 1. The van der Waals surface area contributed by atoms with Crippen molar-refractivity contribution in [2.45, 2.75) is 13.8 Å². The highest BCUT2D eigenvalue weighted by Crippen LogP contribution is 1.97. The van der Waals surface area contributed by atoms with Crippen LogP contribution < -0.4 is 0 Å². The van der Waals surface area contributed by atoms with Gasteiger partial charge in [0.15, 0.2) is 0 Å². The third-order valence-electron chi connectivity index (χ3n) is 1.00. The average molecular weight is 121 g/mol. The molecular formula is C8H11N. The Kier molecular flexibility index (Phi) is 3.46. The zero-order chi connectivity index (χ0) is 7.28. The van der Waals surface area contributed by atoms with Crippen LogP contribution >= 0.6 is 0 Å². The van der Waals surface area contributed by atoms with E-state index in [0.29, 0.717) is 0 Å². The molecule has 1 unspecified atom stereocenters. The summed E-state index contributed by atoms with van der Waals surface area (Å²) in [5.41, 5.74) is 0.917. The molecule has 0 heterocycles. The van der Waals surface area contributed by atoms with Crippen LogP contribution in [0.1, 0.15) is 13.8 Å². The highest BCUT2D eigenvalue weighted by molar-refractivity contribution is 5.74. The second-order valence-electron chi connectivity index (χ2n) is 2.01. The third-order valence-corrected chi connectivity index (χ3v) is 1.00. The molecule has 0 aliphatic heterocycles. The van der Waals surface area contributed by atoms with Crippen molar-refractivity contribution in [3.8, 4) is 12.3 Å². The van der Waals surface area contributed by atoms with Gasteiger partial charge in [-0.15, -0.1) is 6.42 Å². The van der Waals surface area contributed by atoms with Crippen LogP contribution in [0.2, 0.25) is 0 Å². The van der Waals surface area contributed by atoms with Crippen LogP contribution in [0, 0.1) is 23.7 Å². The van der Waals surface area contributed by atoms with E-state index < -0.39 is 0 Å². The van der Waals surface area contributed by atoms with E-state index in [-0.39, 0.29) is 5.92 Å². The number of allylic oxidation sites excluding steroid dienone is 2. The zero-order valence-electron chi connectivity index (χ0n) is 5.81. The van der Waals surface area contributed by atoms with Gasteiger partial charge in [-0.3, -0.25) is 0 Å². The van der Waals surface area contributed by atoms with Crippen LogP contribution in [-0.4, -0.2) is 6.21 Å². The van der Waals surface area contributed by atoms with E-state index in [1.165, 1.54) is 6.21 Å². The normalized spacial score (nSPS) is 14.1. The van der Waals surface area contributed by atoms with E-state index >= 15 is 0 Å². The largest absolute Gasteiger partial charge is 0.308 e. The summed E-state index contributed by atoms with van der Waals surface area (Å²) < 4.78 is 0. The fourth-order valence-corrected chi connectivity index (χ4v) is 0.491. The Morgan fingerprint density at radius 3 is 2.67 bits per heavy atom. The van der Waals surface area contributed by atoms with Crippen molar-refractivity contribution in [1.29, 1.82) is 5.41 Å². The first-order valence-electron chi connectivity index (χ1n) is 2.85. The number of hydrogen-bond donors (Lipinski definition) is 1. The standard InChI is InChI=1S/C8H11N/c1-4-7(2)5-8(3)6-9/h1,5-7,9H,2-3H3/b8-5-,9-6?. The highest BCUT2D eigenvalue weighted by atomic mass is 14.3. The van der Waals surface area contributed by atoms with Crippen LogP contribution in [-0.2, 0) is 0 Å². The first kappa shape index (κ1) is 7.97. The van der Waals surface area contributed by atoms with E-state index in [1.807, 2.05) is 19.9 Å². The van der Waals surface area contributed by atoms with Gasteiger partial charge in [0.05, 0.1) is 0 Å². The summed E-state index contributed by atoms with van der Waals surface area (Å²) in [6, 6.07) is 0. The van der Waals surface area contributed by atoms with E-state index in [9.17, 15) is 0 Å². The molecule has 9 heavy (non-hydrogen) atoms. The molecule has 0 rings (SSSR count). The predicted octanol–water partition coefficient (Wildman–Crippen LogP) is 1.85. The molecule has 0 aromatic heterocycles. The first-order chi connectivity index (χ1) is 4.20. The van der Waals surface area contributed by atoms with E-state index in [2.05, 4.69) is 5.92 Å². The summed E-state index contributed by atoms with van der Waals surface area (Å²) in [4.78, 5) is 0. The van der Waals surface area contributed by atoms with Gasteiger partial charge in [-0.2, -0.15) is 0 Å². The van der Waals surface area contributed by atoms with Crippen LogP contribution in [0.5, 0.6) is 0 Å². The molecule has 0 aliphatic rings. The van der Waals surface area contributed by atoms with Crippen LogP contribution in [0.15, 0.2) is 11.6 Å². The Bertz CT molecular complexity index is 160. The predicted molar refractivity (Wildman–Crippen MR) is 40.5 cm³/mol. The first-order valence-corrected chi connectivity index (χ1v) is 2.85. The fourth-order valence-electron chi connectivity index (χ4n) is 0.491. The smallest absolute Gasteiger partial charge is 0.0357 e. The third kappa shape index (κ3) is 3.54. The van der Waals surface area contributed by atoms with E-state index in [0.717, 1.165) is 5.57 Å². The van der Waals surface area contributed by atoms with Gasteiger partial charge in [0.2, 0.25) is 0 Å². The summed E-state index contributed by atoms with van der Waals surface area (Å²) in [6.45, 7) is 3.79. The molecule has 1 nitrogen and oxygen atoms in total. The lowest BCUT2D eigenvalue weighted by atomic mass is 10.1. The molecule has 0 amide bonds. The van der Waals surface area contributed by atoms with Gasteiger partial charge < -0.3 is 5.41 Å². The fraction of sp³-hybridized carbons (Fsp3) is 0.375. The molecule has 1 atom stereocenters.